The van der Waals surface area contributed by atoms with Crippen molar-refractivity contribution in [2.45, 2.75) is 39.2 Å². The first kappa shape index (κ1) is 17.3. The van der Waals surface area contributed by atoms with Crippen LogP contribution < -0.4 is 4.90 Å². The molecule has 1 aromatic heterocycles. The third-order valence-corrected chi connectivity index (χ3v) is 2.95. The lowest BCUT2D eigenvalue weighted by atomic mass is 10.2. The summed E-state index contributed by atoms with van der Waals surface area (Å²) in [6.45, 7) is 3.98. The second-order valence-corrected chi connectivity index (χ2v) is 6.01. The number of alkyl halides is 2. The van der Waals surface area contributed by atoms with Gasteiger partial charge in [-0.25, -0.2) is 23.5 Å². The zero-order valence-electron chi connectivity index (χ0n) is 11.8. The Morgan fingerprint density at radius 3 is 2.57 bits per heavy atom. The smallest absolute Gasteiger partial charge is 0.416 e. The molecule has 6 nitrogen and oxygen atoms in total. The fraction of sp³-hybridized carbons (Fsp3) is 0.583. The van der Waals surface area contributed by atoms with Crippen molar-refractivity contribution in [3.05, 3.63) is 11.1 Å². The number of hydrogen-bond donors (Lipinski definition) is 1. The minimum atomic E-state index is -2.76. The summed E-state index contributed by atoms with van der Waals surface area (Å²) in [7, 11) is 0. The zero-order chi connectivity index (χ0) is 16.2. The normalized spacial score (nSPS) is 11.5. The van der Waals surface area contributed by atoms with Crippen molar-refractivity contribution in [2.24, 2.45) is 0 Å². The molecule has 0 fully saturated rings. The van der Waals surface area contributed by atoms with Gasteiger partial charge < -0.3 is 9.84 Å². The maximum atomic E-state index is 12.6. The number of halogens is 2. The molecule has 0 aromatic carbocycles. The molecule has 21 heavy (non-hydrogen) atoms. The fourth-order valence-corrected chi connectivity index (χ4v) is 2.17. The van der Waals surface area contributed by atoms with Crippen LogP contribution in [0.25, 0.3) is 0 Å². The number of aliphatic carboxylic acids is 1. The van der Waals surface area contributed by atoms with Gasteiger partial charge in [-0.1, -0.05) is 0 Å². The second kappa shape index (κ2) is 6.79. The minimum Gasteiger partial charge on any atom is -0.481 e. The van der Waals surface area contributed by atoms with Crippen molar-refractivity contribution >= 4 is 28.5 Å². The van der Waals surface area contributed by atoms with Gasteiger partial charge in [0.15, 0.2) is 5.13 Å². The van der Waals surface area contributed by atoms with Crippen molar-refractivity contribution in [2.75, 3.05) is 11.4 Å². The van der Waals surface area contributed by atoms with E-state index >= 15 is 0 Å². The van der Waals surface area contributed by atoms with Gasteiger partial charge in [0.25, 0.3) is 6.43 Å². The Morgan fingerprint density at radius 1 is 1.48 bits per heavy atom. The average Bonchev–Trinajstić information content (AvgIpc) is 2.70. The third kappa shape index (κ3) is 6.03. The molecule has 0 saturated carbocycles. The van der Waals surface area contributed by atoms with Crippen LogP contribution in [0.5, 0.6) is 0 Å². The Labute approximate surface area is 124 Å². The number of aromatic nitrogens is 1. The van der Waals surface area contributed by atoms with Crippen molar-refractivity contribution in [3.63, 3.8) is 0 Å². The lowest BCUT2D eigenvalue weighted by Crippen LogP contribution is -2.39. The summed E-state index contributed by atoms with van der Waals surface area (Å²) in [5, 5.41) is 10.1. The number of nitrogens with zero attached hydrogens (tertiary/aromatic N) is 2. The van der Waals surface area contributed by atoms with Crippen LogP contribution in [0.4, 0.5) is 18.7 Å². The van der Waals surface area contributed by atoms with E-state index in [0.717, 1.165) is 11.3 Å². The van der Waals surface area contributed by atoms with Gasteiger partial charge in [0.05, 0.1) is 18.7 Å². The summed E-state index contributed by atoms with van der Waals surface area (Å²) in [6.07, 6.45) is -4.05. The zero-order valence-corrected chi connectivity index (χ0v) is 12.6. The summed E-state index contributed by atoms with van der Waals surface area (Å²) in [5.41, 5.74) is -0.635. The van der Waals surface area contributed by atoms with E-state index in [1.54, 1.807) is 20.8 Å². The number of ether oxygens (including phenoxy) is 1. The van der Waals surface area contributed by atoms with Gasteiger partial charge in [-0.3, -0.25) is 4.79 Å². The van der Waals surface area contributed by atoms with Gasteiger partial charge in [0.2, 0.25) is 0 Å². The number of carbonyl (C=O) groups is 2. The van der Waals surface area contributed by atoms with E-state index in [-0.39, 0.29) is 17.2 Å². The Bertz CT molecular complexity index is 514. The first-order valence-electron chi connectivity index (χ1n) is 6.03. The predicted octanol–water partition coefficient (Wildman–Crippen LogP) is 2.78. The number of hydrogen-bond acceptors (Lipinski definition) is 5. The van der Waals surface area contributed by atoms with E-state index < -0.39 is 30.6 Å². The number of carbonyl (C=O) groups excluding carboxylic acids is 1. The monoisotopic (exact) mass is 322 g/mol. The van der Waals surface area contributed by atoms with Crippen molar-refractivity contribution < 1.29 is 28.2 Å². The number of amides is 1. The average molecular weight is 322 g/mol. The minimum absolute atomic E-state index is 0.0131. The van der Waals surface area contributed by atoms with Crippen LogP contribution in [0, 0.1) is 0 Å². The quantitative estimate of drug-likeness (QED) is 0.901. The molecule has 1 rings (SSSR count). The summed E-state index contributed by atoms with van der Waals surface area (Å²) >= 11 is 0.913. The highest BCUT2D eigenvalue weighted by Gasteiger charge is 2.28. The van der Waals surface area contributed by atoms with Gasteiger partial charge >= 0.3 is 12.1 Å². The molecule has 0 saturated heterocycles. The third-order valence-electron chi connectivity index (χ3n) is 2.04. The molecule has 1 heterocycles. The molecule has 0 radical (unpaired) electrons. The fourth-order valence-electron chi connectivity index (χ4n) is 1.34. The van der Waals surface area contributed by atoms with Crippen molar-refractivity contribution in [3.8, 4) is 0 Å². The van der Waals surface area contributed by atoms with Gasteiger partial charge in [0.1, 0.15) is 5.60 Å². The number of thiazole rings is 1. The molecule has 118 valence electrons. The van der Waals surface area contributed by atoms with Crippen LogP contribution in [-0.4, -0.2) is 40.7 Å². The van der Waals surface area contributed by atoms with E-state index in [0.29, 0.717) is 4.90 Å². The molecule has 9 heteroatoms. The Hall–Kier alpha value is -1.77. The number of carboxylic acid groups (broad SMARTS) is 1. The Balaban J connectivity index is 2.94. The van der Waals surface area contributed by atoms with Crippen LogP contribution >= 0.6 is 11.3 Å². The SMILES string of the molecule is CC(C)(C)OC(=O)N(CC(F)F)c1nc(CC(=O)O)cs1. The molecule has 0 aliphatic rings. The largest absolute Gasteiger partial charge is 0.481 e. The van der Waals surface area contributed by atoms with Crippen LogP contribution in [0.1, 0.15) is 26.5 Å². The maximum Gasteiger partial charge on any atom is 0.416 e. The Kier molecular flexibility index (Phi) is 5.59. The molecular weight excluding hydrogens is 306 g/mol. The molecule has 1 N–H and O–H groups in total. The molecule has 0 unspecified atom stereocenters. The molecule has 1 aromatic rings. The van der Waals surface area contributed by atoms with E-state index in [9.17, 15) is 18.4 Å². The number of anilines is 1. The van der Waals surface area contributed by atoms with Gasteiger partial charge in [0, 0.05) is 5.38 Å². The summed E-state index contributed by atoms with van der Waals surface area (Å²) in [4.78, 5) is 27.1. The lowest BCUT2D eigenvalue weighted by Gasteiger charge is -2.25. The van der Waals surface area contributed by atoms with Crippen LogP contribution in [0.3, 0.4) is 0 Å². The number of carboxylic acids is 1. The summed E-state index contributed by atoms with van der Waals surface area (Å²) in [5.74, 6) is -1.09. The highest BCUT2D eigenvalue weighted by atomic mass is 32.1. The van der Waals surface area contributed by atoms with Crippen LogP contribution in [-0.2, 0) is 16.0 Å². The van der Waals surface area contributed by atoms with Crippen LogP contribution in [0.2, 0.25) is 0 Å². The molecule has 1 amide bonds. The van der Waals surface area contributed by atoms with Gasteiger partial charge in [-0.05, 0) is 20.8 Å². The van der Waals surface area contributed by atoms with E-state index in [4.69, 9.17) is 9.84 Å². The second-order valence-electron chi connectivity index (χ2n) is 5.17. The summed E-state index contributed by atoms with van der Waals surface area (Å²) < 4.78 is 30.3. The highest BCUT2D eigenvalue weighted by Crippen LogP contribution is 2.24. The van der Waals surface area contributed by atoms with E-state index in [1.165, 1.54) is 5.38 Å². The highest BCUT2D eigenvalue weighted by molar-refractivity contribution is 7.14. The number of rotatable bonds is 5. The molecule has 0 atom stereocenters. The standard InChI is InChI=1S/C12H16F2N2O4S/c1-12(2,3)20-11(19)16(5-8(13)14)10-15-7(6-21-10)4-9(17)18/h6,8H,4-5H2,1-3H3,(H,17,18). The maximum absolute atomic E-state index is 12.6. The predicted molar refractivity (Wildman–Crippen MR) is 73.0 cm³/mol. The van der Waals surface area contributed by atoms with Crippen molar-refractivity contribution in [1.29, 1.82) is 0 Å². The first-order valence-corrected chi connectivity index (χ1v) is 6.91. The lowest BCUT2D eigenvalue weighted by molar-refractivity contribution is -0.136. The van der Waals surface area contributed by atoms with E-state index in [2.05, 4.69) is 4.98 Å². The van der Waals surface area contributed by atoms with Gasteiger partial charge in [-0.15, -0.1) is 11.3 Å². The van der Waals surface area contributed by atoms with Gasteiger partial charge in [-0.2, -0.15) is 0 Å². The molecular formula is C12H16F2N2O4S. The molecule has 0 bridgehead atoms. The summed E-state index contributed by atoms with van der Waals surface area (Å²) in [6, 6.07) is 0. The van der Waals surface area contributed by atoms with E-state index in [1.807, 2.05) is 0 Å². The first-order chi connectivity index (χ1) is 9.58. The molecule has 0 spiro atoms. The molecule has 0 aliphatic carbocycles. The Morgan fingerprint density at radius 2 is 2.10 bits per heavy atom. The van der Waals surface area contributed by atoms with Crippen LogP contribution in [0.15, 0.2) is 5.38 Å². The topological polar surface area (TPSA) is 79.7 Å². The molecule has 0 aliphatic heterocycles. The van der Waals surface area contributed by atoms with Crippen molar-refractivity contribution in [1.82, 2.24) is 4.98 Å².